The second-order valence-electron chi connectivity index (χ2n) is 4.66. The van der Waals surface area contributed by atoms with E-state index in [4.69, 9.17) is 4.74 Å². The first kappa shape index (κ1) is 14.2. The summed E-state index contributed by atoms with van der Waals surface area (Å²) >= 11 is 0. The molecule has 96 valence electrons. The zero-order valence-electron chi connectivity index (χ0n) is 11.2. The molecule has 0 fully saturated rings. The van der Waals surface area contributed by atoms with Crippen molar-refractivity contribution in [3.63, 3.8) is 0 Å². The van der Waals surface area contributed by atoms with E-state index in [0.29, 0.717) is 6.61 Å². The van der Waals surface area contributed by atoms with Crippen LogP contribution in [0.2, 0.25) is 0 Å². The van der Waals surface area contributed by atoms with Gasteiger partial charge in [0.1, 0.15) is 6.10 Å². The fourth-order valence-corrected chi connectivity index (χ4v) is 1.94. The van der Waals surface area contributed by atoms with Crippen molar-refractivity contribution in [2.75, 3.05) is 13.2 Å². The summed E-state index contributed by atoms with van der Waals surface area (Å²) in [6.07, 6.45) is 2.97. The summed E-state index contributed by atoms with van der Waals surface area (Å²) in [5.74, 6) is 0. The number of aryl methyl sites for hydroxylation is 2. The van der Waals surface area contributed by atoms with Gasteiger partial charge in [-0.25, -0.2) is 0 Å². The van der Waals surface area contributed by atoms with Crippen molar-refractivity contribution in [1.29, 1.82) is 0 Å². The molecule has 0 saturated heterocycles. The monoisotopic (exact) mass is 236 g/mol. The van der Waals surface area contributed by atoms with Crippen molar-refractivity contribution < 1.29 is 9.84 Å². The normalized spacial score (nSPS) is 12.7. The fraction of sp³-hybridized carbons (Fsp3) is 0.600. The minimum absolute atomic E-state index is 0.396. The fourth-order valence-electron chi connectivity index (χ4n) is 1.94. The summed E-state index contributed by atoms with van der Waals surface area (Å²) in [4.78, 5) is 0. The maximum atomic E-state index is 10.0. The summed E-state index contributed by atoms with van der Waals surface area (Å²) in [6.45, 7) is 7.40. The third-order valence-corrected chi connectivity index (χ3v) is 2.95. The van der Waals surface area contributed by atoms with Crippen LogP contribution >= 0.6 is 0 Å². The van der Waals surface area contributed by atoms with E-state index in [9.17, 15) is 5.11 Å². The predicted molar refractivity (Wildman–Crippen MR) is 71.2 cm³/mol. The van der Waals surface area contributed by atoms with Gasteiger partial charge in [-0.2, -0.15) is 0 Å². The molecule has 0 aliphatic heterocycles. The molecule has 0 aliphatic rings. The zero-order valence-corrected chi connectivity index (χ0v) is 11.2. The molecular formula is C15H24O2. The van der Waals surface area contributed by atoms with Gasteiger partial charge in [0.05, 0.1) is 6.61 Å². The van der Waals surface area contributed by atoms with Crippen LogP contribution in [0, 0.1) is 13.8 Å². The van der Waals surface area contributed by atoms with Crippen LogP contribution in [0.25, 0.3) is 0 Å². The Morgan fingerprint density at radius 1 is 1.24 bits per heavy atom. The van der Waals surface area contributed by atoms with Crippen molar-refractivity contribution in [3.8, 4) is 0 Å². The van der Waals surface area contributed by atoms with Crippen LogP contribution in [0.1, 0.15) is 49.0 Å². The number of benzene rings is 1. The van der Waals surface area contributed by atoms with E-state index in [-0.39, 0.29) is 0 Å². The second kappa shape index (κ2) is 7.46. The quantitative estimate of drug-likeness (QED) is 0.734. The highest BCUT2D eigenvalue weighted by Crippen LogP contribution is 2.19. The number of aliphatic hydroxyl groups excluding tert-OH is 1. The third kappa shape index (κ3) is 4.88. The highest BCUT2D eigenvalue weighted by Gasteiger charge is 2.10. The molecule has 0 saturated carbocycles. The largest absolute Gasteiger partial charge is 0.386 e. The number of rotatable bonds is 7. The summed E-state index contributed by atoms with van der Waals surface area (Å²) in [5.41, 5.74) is 3.34. The summed E-state index contributed by atoms with van der Waals surface area (Å²) in [7, 11) is 0. The molecule has 1 aromatic carbocycles. The molecule has 1 rings (SSSR count). The predicted octanol–water partition coefficient (Wildman–Crippen LogP) is 3.54. The molecule has 1 N–H and O–H groups in total. The topological polar surface area (TPSA) is 29.5 Å². The first-order valence-corrected chi connectivity index (χ1v) is 6.48. The Balaban J connectivity index is 2.38. The van der Waals surface area contributed by atoms with Crippen molar-refractivity contribution >= 4 is 0 Å². The smallest absolute Gasteiger partial charge is 0.103 e. The molecule has 1 unspecified atom stereocenters. The van der Waals surface area contributed by atoms with E-state index in [1.54, 1.807) is 0 Å². The molecule has 0 aliphatic carbocycles. The van der Waals surface area contributed by atoms with E-state index >= 15 is 0 Å². The zero-order chi connectivity index (χ0) is 12.7. The number of hydrogen-bond acceptors (Lipinski definition) is 2. The third-order valence-electron chi connectivity index (χ3n) is 2.95. The van der Waals surface area contributed by atoms with Crippen LogP contribution in [-0.4, -0.2) is 18.3 Å². The Hall–Kier alpha value is -0.860. The van der Waals surface area contributed by atoms with Gasteiger partial charge in [0.25, 0.3) is 0 Å². The molecule has 0 radical (unpaired) electrons. The molecule has 0 spiro atoms. The van der Waals surface area contributed by atoms with Crippen molar-refractivity contribution in [3.05, 3.63) is 34.9 Å². The molecule has 0 heterocycles. The van der Waals surface area contributed by atoms with Crippen LogP contribution in [0.3, 0.4) is 0 Å². The minimum Gasteiger partial charge on any atom is -0.386 e. The maximum Gasteiger partial charge on any atom is 0.103 e. The lowest BCUT2D eigenvalue weighted by Gasteiger charge is -2.14. The van der Waals surface area contributed by atoms with Gasteiger partial charge in [0.15, 0.2) is 0 Å². The van der Waals surface area contributed by atoms with Crippen LogP contribution in [0.5, 0.6) is 0 Å². The molecule has 0 amide bonds. The van der Waals surface area contributed by atoms with Crippen molar-refractivity contribution in [2.45, 2.75) is 46.1 Å². The Bertz CT molecular complexity index is 334. The second-order valence-corrected chi connectivity index (χ2v) is 4.66. The summed E-state index contributed by atoms with van der Waals surface area (Å²) < 4.78 is 5.49. The van der Waals surface area contributed by atoms with Crippen LogP contribution < -0.4 is 0 Å². The van der Waals surface area contributed by atoms with Gasteiger partial charge < -0.3 is 9.84 Å². The number of ether oxygens (including phenoxy) is 1. The van der Waals surface area contributed by atoms with Gasteiger partial charge in [-0.1, -0.05) is 43.5 Å². The Morgan fingerprint density at radius 2 is 2.00 bits per heavy atom. The average Bonchev–Trinajstić information content (AvgIpc) is 2.28. The van der Waals surface area contributed by atoms with E-state index < -0.39 is 6.10 Å². The van der Waals surface area contributed by atoms with E-state index in [2.05, 4.69) is 19.9 Å². The summed E-state index contributed by atoms with van der Waals surface area (Å²) in [6, 6.07) is 6.11. The molecule has 0 aromatic heterocycles. The van der Waals surface area contributed by atoms with Crippen LogP contribution in [0.15, 0.2) is 18.2 Å². The van der Waals surface area contributed by atoms with Gasteiger partial charge in [0.2, 0.25) is 0 Å². The minimum atomic E-state index is -0.503. The molecular weight excluding hydrogens is 212 g/mol. The SMILES string of the molecule is CCCCCOCC(O)c1ccc(C)cc1C. The maximum absolute atomic E-state index is 10.0. The number of hydrogen-bond donors (Lipinski definition) is 1. The van der Waals surface area contributed by atoms with Gasteiger partial charge in [-0.05, 0) is 31.4 Å². The van der Waals surface area contributed by atoms with Gasteiger partial charge in [-0.3, -0.25) is 0 Å². The summed E-state index contributed by atoms with van der Waals surface area (Å²) in [5, 5.41) is 10.0. The molecule has 1 atom stereocenters. The highest BCUT2D eigenvalue weighted by molar-refractivity contribution is 5.31. The Morgan fingerprint density at radius 3 is 2.65 bits per heavy atom. The van der Waals surface area contributed by atoms with E-state index in [0.717, 1.165) is 24.2 Å². The molecule has 0 bridgehead atoms. The lowest BCUT2D eigenvalue weighted by atomic mass is 10.0. The van der Waals surface area contributed by atoms with E-state index in [1.807, 2.05) is 19.1 Å². The standard InChI is InChI=1S/C15H24O2/c1-4-5-6-9-17-11-15(16)14-8-7-12(2)10-13(14)3/h7-8,10,15-16H,4-6,9,11H2,1-3H3. The Kier molecular flexibility index (Phi) is 6.23. The van der Waals surface area contributed by atoms with Crippen LogP contribution in [-0.2, 0) is 4.74 Å². The molecule has 2 nitrogen and oxygen atoms in total. The molecule has 1 aromatic rings. The Labute approximate surface area is 105 Å². The van der Waals surface area contributed by atoms with Crippen molar-refractivity contribution in [1.82, 2.24) is 0 Å². The average molecular weight is 236 g/mol. The van der Waals surface area contributed by atoms with E-state index in [1.165, 1.54) is 18.4 Å². The first-order chi connectivity index (χ1) is 8.15. The van der Waals surface area contributed by atoms with Crippen LogP contribution in [0.4, 0.5) is 0 Å². The number of unbranched alkanes of at least 4 members (excludes halogenated alkanes) is 2. The van der Waals surface area contributed by atoms with Gasteiger partial charge in [0, 0.05) is 6.61 Å². The first-order valence-electron chi connectivity index (χ1n) is 6.48. The molecule has 17 heavy (non-hydrogen) atoms. The highest BCUT2D eigenvalue weighted by atomic mass is 16.5. The number of aliphatic hydroxyl groups is 1. The molecule has 2 heteroatoms. The lowest BCUT2D eigenvalue weighted by Crippen LogP contribution is -2.09. The lowest BCUT2D eigenvalue weighted by molar-refractivity contribution is 0.0342. The van der Waals surface area contributed by atoms with Gasteiger partial charge >= 0.3 is 0 Å². The van der Waals surface area contributed by atoms with Crippen molar-refractivity contribution in [2.24, 2.45) is 0 Å². The van der Waals surface area contributed by atoms with Gasteiger partial charge in [-0.15, -0.1) is 0 Å².